The number of morpholine rings is 1. The Morgan fingerprint density at radius 1 is 1.56 bits per heavy atom. The first-order chi connectivity index (χ1) is 8.65. The van der Waals surface area contributed by atoms with Crippen LogP contribution in [-0.4, -0.2) is 25.3 Å². The van der Waals surface area contributed by atoms with Crippen LogP contribution in [0.1, 0.15) is 25.8 Å². The van der Waals surface area contributed by atoms with E-state index in [1.54, 1.807) is 0 Å². The van der Waals surface area contributed by atoms with E-state index in [9.17, 15) is 0 Å². The van der Waals surface area contributed by atoms with E-state index >= 15 is 0 Å². The van der Waals surface area contributed by atoms with Gasteiger partial charge in [0.25, 0.3) is 0 Å². The van der Waals surface area contributed by atoms with Crippen LogP contribution in [0, 0.1) is 11.3 Å². The van der Waals surface area contributed by atoms with Crippen LogP contribution in [0.5, 0.6) is 0 Å². The number of halogens is 1. The summed E-state index contributed by atoms with van der Waals surface area (Å²) in [6, 6.07) is 8.50. The molecular weight excluding hydrogens is 292 g/mol. The molecule has 0 radical (unpaired) electrons. The number of rotatable bonds is 2. The Bertz CT molecular complexity index is 469. The maximum Gasteiger partial charge on any atom is 0.100 e. The van der Waals surface area contributed by atoms with Gasteiger partial charge in [0.2, 0.25) is 0 Å². The second kappa shape index (κ2) is 5.73. The summed E-state index contributed by atoms with van der Waals surface area (Å²) in [6.45, 7) is 5.94. The summed E-state index contributed by atoms with van der Waals surface area (Å²) in [7, 11) is 0. The van der Waals surface area contributed by atoms with Gasteiger partial charge in [0.15, 0.2) is 0 Å². The van der Waals surface area contributed by atoms with Gasteiger partial charge in [0.05, 0.1) is 24.3 Å². The first-order valence-corrected chi connectivity index (χ1v) is 7.03. The minimum atomic E-state index is 0.252. The van der Waals surface area contributed by atoms with Gasteiger partial charge in [-0.1, -0.05) is 6.92 Å². The molecule has 0 bridgehead atoms. The fraction of sp³-hybridized carbons (Fsp3) is 0.500. The van der Waals surface area contributed by atoms with Crippen molar-refractivity contribution in [1.29, 1.82) is 5.26 Å². The summed E-state index contributed by atoms with van der Waals surface area (Å²) in [5, 5.41) is 8.95. The molecule has 0 aliphatic carbocycles. The standard InChI is InChI=1S/C14H17BrN2O/c1-3-12-9-18-10(2)8-17(12)13-5-4-11(7-16)14(15)6-13/h4-6,10,12H,3,8-9H2,1-2H3. The monoisotopic (exact) mass is 308 g/mol. The predicted octanol–water partition coefficient (Wildman–Crippen LogP) is 3.32. The van der Waals surface area contributed by atoms with Crippen molar-refractivity contribution in [2.45, 2.75) is 32.4 Å². The molecule has 4 heteroatoms. The van der Waals surface area contributed by atoms with E-state index in [0.717, 1.165) is 29.7 Å². The van der Waals surface area contributed by atoms with E-state index < -0.39 is 0 Å². The summed E-state index contributed by atoms with van der Waals surface area (Å²) in [5.74, 6) is 0. The lowest BCUT2D eigenvalue weighted by Gasteiger charge is -2.40. The zero-order valence-corrected chi connectivity index (χ0v) is 12.3. The Labute approximate surface area is 116 Å². The van der Waals surface area contributed by atoms with Crippen molar-refractivity contribution in [1.82, 2.24) is 0 Å². The highest BCUT2D eigenvalue weighted by molar-refractivity contribution is 9.10. The molecule has 18 heavy (non-hydrogen) atoms. The minimum Gasteiger partial charge on any atom is -0.375 e. The molecule has 1 aromatic carbocycles. The van der Waals surface area contributed by atoms with Gasteiger partial charge < -0.3 is 9.64 Å². The van der Waals surface area contributed by atoms with Gasteiger partial charge in [-0.3, -0.25) is 0 Å². The van der Waals surface area contributed by atoms with Crippen molar-refractivity contribution in [2.75, 3.05) is 18.1 Å². The molecule has 3 nitrogen and oxygen atoms in total. The van der Waals surface area contributed by atoms with Crippen LogP contribution in [0.3, 0.4) is 0 Å². The van der Waals surface area contributed by atoms with Crippen molar-refractivity contribution in [3.8, 4) is 6.07 Å². The summed E-state index contributed by atoms with van der Waals surface area (Å²) in [4.78, 5) is 2.38. The third kappa shape index (κ3) is 2.68. The lowest BCUT2D eigenvalue weighted by atomic mass is 10.1. The highest BCUT2D eigenvalue weighted by atomic mass is 79.9. The zero-order chi connectivity index (χ0) is 13.1. The van der Waals surface area contributed by atoms with Gasteiger partial charge >= 0.3 is 0 Å². The lowest BCUT2D eigenvalue weighted by Crippen LogP contribution is -2.48. The molecule has 0 amide bonds. The molecule has 0 N–H and O–H groups in total. The number of hydrogen-bond acceptors (Lipinski definition) is 3. The second-order valence-corrected chi connectivity index (χ2v) is 5.49. The number of benzene rings is 1. The van der Waals surface area contributed by atoms with Gasteiger partial charge in [0.1, 0.15) is 6.07 Å². The van der Waals surface area contributed by atoms with E-state index in [4.69, 9.17) is 10.00 Å². The third-order valence-corrected chi connectivity index (χ3v) is 4.00. The van der Waals surface area contributed by atoms with E-state index in [1.165, 1.54) is 0 Å². The number of ether oxygens (including phenoxy) is 1. The molecule has 1 saturated heterocycles. The molecule has 2 rings (SSSR count). The summed E-state index contributed by atoms with van der Waals surface area (Å²) in [5.41, 5.74) is 1.83. The van der Waals surface area contributed by atoms with Crippen molar-refractivity contribution >= 4 is 21.6 Å². The maximum absolute atomic E-state index is 8.95. The van der Waals surface area contributed by atoms with Crippen molar-refractivity contribution in [3.05, 3.63) is 28.2 Å². The molecule has 2 atom stereocenters. The fourth-order valence-electron chi connectivity index (χ4n) is 2.27. The summed E-state index contributed by atoms with van der Waals surface area (Å²) in [6.07, 6.45) is 1.31. The Hall–Kier alpha value is -1.05. The molecule has 1 heterocycles. The topological polar surface area (TPSA) is 36.3 Å². The molecule has 96 valence electrons. The van der Waals surface area contributed by atoms with Crippen LogP contribution in [0.2, 0.25) is 0 Å². The number of hydrogen-bond donors (Lipinski definition) is 0. The van der Waals surface area contributed by atoms with E-state index in [0.29, 0.717) is 11.6 Å². The first-order valence-electron chi connectivity index (χ1n) is 6.23. The number of nitrogens with zero attached hydrogens (tertiary/aromatic N) is 2. The fourth-order valence-corrected chi connectivity index (χ4v) is 2.73. The molecule has 1 aliphatic rings. The van der Waals surface area contributed by atoms with Crippen LogP contribution in [0.25, 0.3) is 0 Å². The van der Waals surface area contributed by atoms with Gasteiger partial charge in [-0.2, -0.15) is 5.26 Å². The van der Waals surface area contributed by atoms with E-state index in [-0.39, 0.29) is 6.10 Å². The Morgan fingerprint density at radius 3 is 2.94 bits per heavy atom. The smallest absolute Gasteiger partial charge is 0.100 e. The second-order valence-electron chi connectivity index (χ2n) is 4.63. The van der Waals surface area contributed by atoms with E-state index in [1.807, 2.05) is 18.2 Å². The van der Waals surface area contributed by atoms with Crippen LogP contribution >= 0.6 is 15.9 Å². The molecule has 1 aromatic rings. The predicted molar refractivity (Wildman–Crippen MR) is 75.7 cm³/mol. The molecule has 0 saturated carbocycles. The maximum atomic E-state index is 8.95. The Kier molecular flexibility index (Phi) is 4.26. The molecule has 1 aliphatic heterocycles. The highest BCUT2D eigenvalue weighted by Crippen LogP contribution is 2.28. The van der Waals surface area contributed by atoms with Crippen LogP contribution in [-0.2, 0) is 4.74 Å². The Morgan fingerprint density at radius 2 is 2.33 bits per heavy atom. The molecular formula is C14H17BrN2O. The van der Waals surface area contributed by atoms with Crippen molar-refractivity contribution in [2.24, 2.45) is 0 Å². The summed E-state index contributed by atoms with van der Waals surface area (Å²) < 4.78 is 6.56. The number of anilines is 1. The third-order valence-electron chi connectivity index (χ3n) is 3.34. The normalized spacial score (nSPS) is 23.8. The van der Waals surface area contributed by atoms with Crippen LogP contribution in [0.15, 0.2) is 22.7 Å². The SMILES string of the molecule is CCC1COC(C)CN1c1ccc(C#N)c(Br)c1. The van der Waals surface area contributed by atoms with Crippen LogP contribution in [0.4, 0.5) is 5.69 Å². The average molecular weight is 309 g/mol. The van der Waals surface area contributed by atoms with Crippen molar-refractivity contribution < 1.29 is 4.74 Å². The first kappa shape index (κ1) is 13.4. The molecule has 0 aromatic heterocycles. The average Bonchev–Trinajstić information content (AvgIpc) is 2.38. The molecule has 2 unspecified atom stereocenters. The van der Waals surface area contributed by atoms with Gasteiger partial charge in [-0.25, -0.2) is 0 Å². The number of nitriles is 1. The van der Waals surface area contributed by atoms with Crippen LogP contribution < -0.4 is 4.90 Å². The van der Waals surface area contributed by atoms with E-state index in [2.05, 4.69) is 40.7 Å². The summed E-state index contributed by atoms with van der Waals surface area (Å²) >= 11 is 3.45. The van der Waals surface area contributed by atoms with Gasteiger partial charge in [-0.05, 0) is 47.5 Å². The Balaban J connectivity index is 2.28. The highest BCUT2D eigenvalue weighted by Gasteiger charge is 2.25. The minimum absolute atomic E-state index is 0.252. The largest absolute Gasteiger partial charge is 0.375 e. The zero-order valence-electron chi connectivity index (χ0n) is 10.7. The van der Waals surface area contributed by atoms with Gasteiger partial charge in [0, 0.05) is 16.7 Å². The lowest BCUT2D eigenvalue weighted by molar-refractivity contribution is 0.0299. The van der Waals surface area contributed by atoms with Gasteiger partial charge in [-0.15, -0.1) is 0 Å². The molecule has 1 fully saturated rings. The quantitative estimate of drug-likeness (QED) is 0.841. The molecule has 0 spiro atoms. The van der Waals surface area contributed by atoms with Crippen molar-refractivity contribution in [3.63, 3.8) is 0 Å².